The maximum atomic E-state index is 11.3. The van der Waals surface area contributed by atoms with E-state index in [1.165, 1.54) is 11.5 Å². The molecule has 11 heavy (non-hydrogen) atoms. The van der Waals surface area contributed by atoms with Crippen LogP contribution in [0.5, 0.6) is 0 Å². The van der Waals surface area contributed by atoms with Crippen molar-refractivity contribution < 1.29 is 4.79 Å². The molecule has 0 radical (unpaired) electrons. The third-order valence-corrected chi connectivity index (χ3v) is 5.34. The van der Waals surface area contributed by atoms with Crippen molar-refractivity contribution in [3.63, 3.8) is 0 Å². The van der Waals surface area contributed by atoms with Crippen molar-refractivity contribution in [1.29, 1.82) is 0 Å². The molecule has 0 aliphatic carbocycles. The summed E-state index contributed by atoms with van der Waals surface area (Å²) in [6.07, 6.45) is 0.693. The third kappa shape index (κ3) is 2.41. The summed E-state index contributed by atoms with van der Waals surface area (Å²) in [4.78, 5) is 11.3. The fourth-order valence-corrected chi connectivity index (χ4v) is 4.22. The van der Waals surface area contributed by atoms with Crippen molar-refractivity contribution in [3.05, 3.63) is 0 Å². The molecule has 0 bridgehead atoms. The van der Waals surface area contributed by atoms with Crippen LogP contribution in [0.2, 0.25) is 0 Å². The first-order chi connectivity index (χ1) is 5.25. The van der Waals surface area contributed by atoms with E-state index < -0.39 is 0 Å². The second kappa shape index (κ2) is 4.41. The molecule has 64 valence electrons. The molecule has 1 fully saturated rings. The molecule has 0 N–H and O–H groups in total. The Bertz CT molecular complexity index is 141. The summed E-state index contributed by atoms with van der Waals surface area (Å²) in [6.45, 7) is 4.00. The first kappa shape index (κ1) is 9.46. The van der Waals surface area contributed by atoms with Crippen molar-refractivity contribution in [2.45, 2.75) is 24.9 Å². The highest BCUT2D eigenvalue weighted by atomic mass is 32.2. The van der Waals surface area contributed by atoms with Gasteiger partial charge in [0, 0.05) is 23.8 Å². The smallest absolute Gasteiger partial charge is 0.137 e. The molecule has 1 nitrogen and oxygen atoms in total. The standard InChI is InChI=1S/C8H14OS2/c1-3-7(9)6(2)8-10-4-5-11-8/h6,8H,3-5H2,1-2H3. The molecule has 1 saturated heterocycles. The molecule has 3 heteroatoms. The largest absolute Gasteiger partial charge is 0.299 e. The summed E-state index contributed by atoms with van der Waals surface area (Å²) in [6, 6.07) is 0. The predicted octanol–water partition coefficient (Wildman–Crippen LogP) is 2.41. The Balaban J connectivity index is 2.39. The average Bonchev–Trinajstić information content (AvgIpc) is 2.53. The number of rotatable bonds is 3. The first-order valence-electron chi connectivity index (χ1n) is 4.01. The number of carbonyl (C=O) groups is 1. The van der Waals surface area contributed by atoms with Gasteiger partial charge in [-0.15, -0.1) is 23.5 Å². The maximum Gasteiger partial charge on any atom is 0.137 e. The van der Waals surface area contributed by atoms with Crippen molar-refractivity contribution in [3.8, 4) is 0 Å². The zero-order valence-electron chi connectivity index (χ0n) is 7.00. The summed E-state index contributed by atoms with van der Waals surface area (Å²) in [5, 5.41) is 0. The Hall–Kier alpha value is 0.370. The summed E-state index contributed by atoms with van der Waals surface area (Å²) in [5.74, 6) is 3.11. The maximum absolute atomic E-state index is 11.3. The van der Waals surface area contributed by atoms with Crippen LogP contribution in [-0.4, -0.2) is 21.9 Å². The van der Waals surface area contributed by atoms with E-state index in [0.29, 0.717) is 16.8 Å². The van der Waals surface area contributed by atoms with Crippen LogP contribution in [-0.2, 0) is 4.79 Å². The monoisotopic (exact) mass is 190 g/mol. The van der Waals surface area contributed by atoms with E-state index in [1.807, 2.05) is 30.4 Å². The predicted molar refractivity (Wildman–Crippen MR) is 53.2 cm³/mol. The van der Waals surface area contributed by atoms with Gasteiger partial charge in [0.25, 0.3) is 0 Å². The Kier molecular flexibility index (Phi) is 3.79. The van der Waals surface area contributed by atoms with Gasteiger partial charge < -0.3 is 0 Å². The van der Waals surface area contributed by atoms with Gasteiger partial charge in [-0.25, -0.2) is 0 Å². The van der Waals surface area contributed by atoms with Gasteiger partial charge in [-0.2, -0.15) is 0 Å². The van der Waals surface area contributed by atoms with E-state index in [0.717, 1.165) is 0 Å². The minimum Gasteiger partial charge on any atom is -0.299 e. The van der Waals surface area contributed by atoms with E-state index in [4.69, 9.17) is 0 Å². The minimum absolute atomic E-state index is 0.262. The van der Waals surface area contributed by atoms with Crippen LogP contribution in [0.25, 0.3) is 0 Å². The fourth-order valence-electron chi connectivity index (χ4n) is 1.14. The van der Waals surface area contributed by atoms with Gasteiger partial charge in [0.05, 0.1) is 4.58 Å². The van der Waals surface area contributed by atoms with Crippen LogP contribution in [0.4, 0.5) is 0 Å². The van der Waals surface area contributed by atoms with Gasteiger partial charge in [-0.1, -0.05) is 13.8 Å². The Morgan fingerprint density at radius 3 is 2.55 bits per heavy atom. The average molecular weight is 190 g/mol. The van der Waals surface area contributed by atoms with Gasteiger partial charge in [0.15, 0.2) is 0 Å². The van der Waals surface area contributed by atoms with Crippen LogP contribution in [0.15, 0.2) is 0 Å². The van der Waals surface area contributed by atoms with E-state index >= 15 is 0 Å². The zero-order chi connectivity index (χ0) is 8.27. The van der Waals surface area contributed by atoms with Gasteiger partial charge >= 0.3 is 0 Å². The fraction of sp³-hybridized carbons (Fsp3) is 0.875. The quantitative estimate of drug-likeness (QED) is 0.680. The zero-order valence-corrected chi connectivity index (χ0v) is 8.63. The molecule has 1 rings (SSSR count). The Labute approximate surface area is 76.7 Å². The van der Waals surface area contributed by atoms with Crippen molar-refractivity contribution >= 4 is 29.3 Å². The molecule has 0 amide bonds. The molecule has 0 saturated carbocycles. The molecule has 1 heterocycles. The number of hydrogen-bond donors (Lipinski definition) is 0. The van der Waals surface area contributed by atoms with E-state index in [9.17, 15) is 4.79 Å². The molecule has 1 atom stereocenters. The van der Waals surface area contributed by atoms with Crippen LogP contribution in [0.1, 0.15) is 20.3 Å². The lowest BCUT2D eigenvalue weighted by atomic mass is 10.1. The van der Waals surface area contributed by atoms with Crippen LogP contribution in [0.3, 0.4) is 0 Å². The molecule has 0 spiro atoms. The third-order valence-electron chi connectivity index (χ3n) is 1.91. The minimum atomic E-state index is 0.262. The van der Waals surface area contributed by atoms with Crippen molar-refractivity contribution in [2.24, 2.45) is 5.92 Å². The highest BCUT2D eigenvalue weighted by Crippen LogP contribution is 2.37. The van der Waals surface area contributed by atoms with Gasteiger partial charge in [0.2, 0.25) is 0 Å². The van der Waals surface area contributed by atoms with Crippen molar-refractivity contribution in [1.82, 2.24) is 0 Å². The van der Waals surface area contributed by atoms with Crippen LogP contribution < -0.4 is 0 Å². The highest BCUT2D eigenvalue weighted by Gasteiger charge is 2.26. The van der Waals surface area contributed by atoms with E-state index in [1.54, 1.807) is 0 Å². The number of hydrogen-bond acceptors (Lipinski definition) is 3. The SMILES string of the molecule is CCC(=O)C(C)C1SCCS1. The molecule has 0 aromatic heterocycles. The highest BCUT2D eigenvalue weighted by molar-refractivity contribution is 8.20. The summed E-state index contributed by atoms with van der Waals surface area (Å²) in [5.41, 5.74) is 0. The second-order valence-electron chi connectivity index (χ2n) is 2.72. The van der Waals surface area contributed by atoms with E-state index in [2.05, 4.69) is 6.92 Å². The van der Waals surface area contributed by atoms with Crippen molar-refractivity contribution in [2.75, 3.05) is 11.5 Å². The van der Waals surface area contributed by atoms with Gasteiger partial charge in [-0.05, 0) is 0 Å². The number of thioether (sulfide) groups is 2. The molecule has 0 aromatic carbocycles. The molecule has 1 aliphatic heterocycles. The van der Waals surface area contributed by atoms with E-state index in [-0.39, 0.29) is 5.92 Å². The summed E-state index contributed by atoms with van der Waals surface area (Å²) in [7, 11) is 0. The number of carbonyl (C=O) groups excluding carboxylic acids is 1. The summed E-state index contributed by atoms with van der Waals surface area (Å²) < 4.78 is 0.544. The molecule has 1 aliphatic rings. The lowest BCUT2D eigenvalue weighted by Crippen LogP contribution is -2.18. The Morgan fingerprint density at radius 2 is 2.09 bits per heavy atom. The summed E-state index contributed by atoms with van der Waals surface area (Å²) >= 11 is 3.87. The van der Waals surface area contributed by atoms with Gasteiger partial charge in [0.1, 0.15) is 5.78 Å². The normalized spacial score (nSPS) is 22.0. The lowest BCUT2D eigenvalue weighted by Gasteiger charge is -2.14. The first-order valence-corrected chi connectivity index (χ1v) is 6.11. The topological polar surface area (TPSA) is 17.1 Å². The lowest BCUT2D eigenvalue weighted by molar-refractivity contribution is -0.121. The Morgan fingerprint density at radius 1 is 1.55 bits per heavy atom. The molecule has 0 aromatic rings. The number of Topliss-reactive ketones (excluding diaryl/α,β-unsaturated/α-hetero) is 1. The number of ketones is 1. The molecular formula is C8H14OS2. The second-order valence-corrected chi connectivity index (χ2v) is 5.52. The van der Waals surface area contributed by atoms with Gasteiger partial charge in [-0.3, -0.25) is 4.79 Å². The molecule has 1 unspecified atom stereocenters. The van der Waals surface area contributed by atoms with Crippen LogP contribution >= 0.6 is 23.5 Å². The van der Waals surface area contributed by atoms with Crippen LogP contribution in [0, 0.1) is 5.92 Å². The molecular weight excluding hydrogens is 176 g/mol.